The van der Waals surface area contributed by atoms with Gasteiger partial charge in [0.25, 0.3) is 0 Å². The van der Waals surface area contributed by atoms with Crippen LogP contribution in [-0.2, 0) is 25.6 Å². The van der Waals surface area contributed by atoms with E-state index in [1.165, 1.54) is 0 Å². The quantitative estimate of drug-likeness (QED) is 0.815. The van der Waals surface area contributed by atoms with Crippen molar-refractivity contribution in [3.05, 3.63) is 35.9 Å². The van der Waals surface area contributed by atoms with Gasteiger partial charge in [-0.2, -0.15) is 0 Å². The molecule has 0 aromatic heterocycles. The van der Waals surface area contributed by atoms with Crippen LogP contribution in [0.3, 0.4) is 0 Å². The minimum atomic E-state index is -0.231. The molecule has 2 bridgehead atoms. The van der Waals surface area contributed by atoms with E-state index >= 15 is 0 Å². The predicted molar refractivity (Wildman–Crippen MR) is 65.0 cm³/mol. The minimum Gasteiger partial charge on any atom is -0.379 e. The van der Waals surface area contributed by atoms with Gasteiger partial charge in [-0.25, -0.2) is 0 Å². The maximum atomic E-state index is 5.90. The van der Waals surface area contributed by atoms with E-state index in [1.807, 2.05) is 18.2 Å². The number of fused-ring (bicyclic) bond motifs is 2. The van der Waals surface area contributed by atoms with Crippen molar-refractivity contribution >= 4 is 0 Å². The SMILES string of the molecule is COC1CC(OCc2ccccc2)C2OCC1O2. The number of hydrogen-bond acceptors (Lipinski definition) is 4. The first-order valence-electron chi connectivity index (χ1n) is 6.32. The third-order valence-corrected chi connectivity index (χ3v) is 3.53. The molecule has 2 heterocycles. The summed E-state index contributed by atoms with van der Waals surface area (Å²) >= 11 is 0. The largest absolute Gasteiger partial charge is 0.379 e. The molecular weight excluding hydrogens is 232 g/mol. The zero-order valence-corrected chi connectivity index (χ0v) is 10.5. The van der Waals surface area contributed by atoms with Gasteiger partial charge in [-0.1, -0.05) is 30.3 Å². The second-order valence-corrected chi connectivity index (χ2v) is 4.72. The zero-order valence-electron chi connectivity index (χ0n) is 10.5. The summed E-state index contributed by atoms with van der Waals surface area (Å²) in [5, 5.41) is 0. The van der Waals surface area contributed by atoms with Gasteiger partial charge in [0, 0.05) is 13.5 Å². The number of benzene rings is 1. The van der Waals surface area contributed by atoms with E-state index in [2.05, 4.69) is 12.1 Å². The molecule has 0 N–H and O–H groups in total. The molecule has 98 valence electrons. The molecule has 2 fully saturated rings. The molecule has 4 atom stereocenters. The Morgan fingerprint density at radius 2 is 2.06 bits per heavy atom. The highest BCUT2D eigenvalue weighted by atomic mass is 16.7. The molecule has 1 aromatic carbocycles. The lowest BCUT2D eigenvalue weighted by molar-refractivity contribution is -0.205. The van der Waals surface area contributed by atoms with Crippen molar-refractivity contribution in [3.63, 3.8) is 0 Å². The Labute approximate surface area is 107 Å². The van der Waals surface area contributed by atoms with Crippen LogP contribution in [0.2, 0.25) is 0 Å². The van der Waals surface area contributed by atoms with Crippen LogP contribution >= 0.6 is 0 Å². The molecule has 0 spiro atoms. The normalized spacial score (nSPS) is 34.7. The van der Waals surface area contributed by atoms with Crippen LogP contribution in [0.4, 0.5) is 0 Å². The van der Waals surface area contributed by atoms with Gasteiger partial charge in [0.1, 0.15) is 12.2 Å². The van der Waals surface area contributed by atoms with Crippen molar-refractivity contribution in [3.8, 4) is 0 Å². The van der Waals surface area contributed by atoms with Crippen LogP contribution in [0.25, 0.3) is 0 Å². The summed E-state index contributed by atoms with van der Waals surface area (Å²) in [4.78, 5) is 0. The highest BCUT2D eigenvalue weighted by molar-refractivity contribution is 5.13. The first-order valence-corrected chi connectivity index (χ1v) is 6.32. The molecule has 2 saturated heterocycles. The lowest BCUT2D eigenvalue weighted by atomic mass is 10.0. The third-order valence-electron chi connectivity index (χ3n) is 3.53. The molecular formula is C14H18O4. The van der Waals surface area contributed by atoms with Gasteiger partial charge in [0.15, 0.2) is 6.29 Å². The number of rotatable bonds is 4. The van der Waals surface area contributed by atoms with Crippen molar-refractivity contribution < 1.29 is 18.9 Å². The summed E-state index contributed by atoms with van der Waals surface area (Å²) in [6, 6.07) is 10.1. The van der Waals surface area contributed by atoms with Crippen molar-refractivity contribution in [2.24, 2.45) is 0 Å². The zero-order chi connectivity index (χ0) is 12.4. The fraction of sp³-hybridized carbons (Fsp3) is 0.571. The lowest BCUT2D eigenvalue weighted by Gasteiger charge is -2.32. The predicted octanol–water partition coefficient (Wildman–Crippen LogP) is 1.73. The van der Waals surface area contributed by atoms with Gasteiger partial charge in [0.2, 0.25) is 0 Å². The molecule has 4 unspecified atom stereocenters. The fourth-order valence-electron chi connectivity index (χ4n) is 2.49. The first-order chi connectivity index (χ1) is 8.86. The van der Waals surface area contributed by atoms with Gasteiger partial charge in [-0.05, 0) is 5.56 Å². The van der Waals surface area contributed by atoms with Crippen LogP contribution in [0.15, 0.2) is 30.3 Å². The summed E-state index contributed by atoms with van der Waals surface area (Å²) < 4.78 is 22.6. The van der Waals surface area contributed by atoms with Gasteiger partial charge >= 0.3 is 0 Å². The van der Waals surface area contributed by atoms with E-state index < -0.39 is 0 Å². The van der Waals surface area contributed by atoms with Crippen molar-refractivity contribution in [1.82, 2.24) is 0 Å². The Balaban J connectivity index is 1.59. The highest BCUT2D eigenvalue weighted by Crippen LogP contribution is 2.31. The van der Waals surface area contributed by atoms with Gasteiger partial charge in [-0.3, -0.25) is 0 Å². The van der Waals surface area contributed by atoms with E-state index in [-0.39, 0.29) is 24.6 Å². The van der Waals surface area contributed by atoms with Crippen LogP contribution in [0, 0.1) is 0 Å². The van der Waals surface area contributed by atoms with Crippen molar-refractivity contribution in [1.29, 1.82) is 0 Å². The summed E-state index contributed by atoms with van der Waals surface area (Å²) in [6.45, 7) is 1.18. The Morgan fingerprint density at radius 3 is 2.83 bits per heavy atom. The highest BCUT2D eigenvalue weighted by Gasteiger charge is 2.44. The average molecular weight is 250 g/mol. The third kappa shape index (κ3) is 2.42. The molecule has 0 aliphatic carbocycles. The molecule has 4 nitrogen and oxygen atoms in total. The Hall–Kier alpha value is -0.940. The molecule has 4 heteroatoms. The molecule has 0 saturated carbocycles. The minimum absolute atomic E-state index is 0.0473. The van der Waals surface area contributed by atoms with E-state index in [1.54, 1.807) is 7.11 Å². The molecule has 2 aliphatic rings. The molecule has 0 amide bonds. The fourth-order valence-corrected chi connectivity index (χ4v) is 2.49. The maximum absolute atomic E-state index is 5.90. The summed E-state index contributed by atoms with van der Waals surface area (Å²) in [6.07, 6.45) is 0.693. The molecule has 18 heavy (non-hydrogen) atoms. The summed E-state index contributed by atoms with van der Waals surface area (Å²) in [5.41, 5.74) is 1.16. The Bertz CT molecular complexity index is 381. The molecule has 1 aromatic rings. The van der Waals surface area contributed by atoms with Crippen LogP contribution < -0.4 is 0 Å². The van der Waals surface area contributed by atoms with Crippen molar-refractivity contribution in [2.45, 2.75) is 37.6 Å². The number of hydrogen-bond donors (Lipinski definition) is 0. The van der Waals surface area contributed by atoms with E-state index in [9.17, 15) is 0 Å². The maximum Gasteiger partial charge on any atom is 0.184 e. The average Bonchev–Trinajstić information content (AvgIpc) is 2.84. The van der Waals surface area contributed by atoms with Crippen LogP contribution in [0.5, 0.6) is 0 Å². The standard InChI is InChI=1S/C14H18O4/c1-15-11-7-12(14-17-9-13(11)18-14)16-8-10-5-3-2-4-6-10/h2-6,11-14H,7-9H2,1H3. The van der Waals surface area contributed by atoms with E-state index in [0.717, 1.165) is 12.0 Å². The Morgan fingerprint density at radius 1 is 1.22 bits per heavy atom. The Kier molecular flexibility index (Phi) is 3.61. The first kappa shape index (κ1) is 12.1. The summed E-state index contributed by atoms with van der Waals surface area (Å²) in [7, 11) is 1.71. The van der Waals surface area contributed by atoms with Gasteiger partial charge < -0.3 is 18.9 Å². The summed E-state index contributed by atoms with van der Waals surface area (Å²) in [5.74, 6) is 0. The lowest BCUT2D eigenvalue weighted by Crippen LogP contribution is -2.43. The molecule has 3 rings (SSSR count). The van der Waals surface area contributed by atoms with Gasteiger partial charge in [-0.15, -0.1) is 0 Å². The van der Waals surface area contributed by atoms with Crippen LogP contribution in [-0.4, -0.2) is 38.3 Å². The topological polar surface area (TPSA) is 36.9 Å². The number of methoxy groups -OCH3 is 1. The number of ether oxygens (including phenoxy) is 4. The van der Waals surface area contributed by atoms with E-state index in [0.29, 0.717) is 13.2 Å². The van der Waals surface area contributed by atoms with Crippen molar-refractivity contribution in [2.75, 3.05) is 13.7 Å². The second-order valence-electron chi connectivity index (χ2n) is 4.72. The van der Waals surface area contributed by atoms with E-state index in [4.69, 9.17) is 18.9 Å². The second kappa shape index (κ2) is 5.36. The molecule has 2 aliphatic heterocycles. The monoisotopic (exact) mass is 250 g/mol. The van der Waals surface area contributed by atoms with Crippen LogP contribution in [0.1, 0.15) is 12.0 Å². The van der Waals surface area contributed by atoms with Gasteiger partial charge in [0.05, 0.1) is 19.3 Å². The molecule has 0 radical (unpaired) electrons. The smallest absolute Gasteiger partial charge is 0.184 e.